The van der Waals surface area contributed by atoms with E-state index in [-0.39, 0.29) is 5.75 Å². The van der Waals surface area contributed by atoms with Crippen LogP contribution < -0.4 is 4.74 Å². The van der Waals surface area contributed by atoms with Gasteiger partial charge in [0.15, 0.2) is 0 Å². The fourth-order valence-electron chi connectivity index (χ4n) is 2.96. The van der Waals surface area contributed by atoms with E-state index in [2.05, 4.69) is 13.8 Å². The largest absolute Gasteiger partial charge is 0.508 e. The molecule has 2 rings (SSSR count). The zero-order valence-electron chi connectivity index (χ0n) is 10.9. The Hall–Kier alpha value is -1.18. The molecule has 0 spiro atoms. The van der Waals surface area contributed by atoms with E-state index in [4.69, 9.17) is 4.74 Å². The van der Waals surface area contributed by atoms with E-state index < -0.39 is 0 Å². The van der Waals surface area contributed by atoms with Gasteiger partial charge in [-0.25, -0.2) is 0 Å². The average Bonchev–Trinajstić information content (AvgIpc) is 2.13. The number of phenolic OH excluding ortho intramolecular Hbond substituents is 1. The van der Waals surface area contributed by atoms with Gasteiger partial charge in [-0.2, -0.15) is 0 Å². The molecule has 0 amide bonds. The van der Waals surface area contributed by atoms with Crippen LogP contribution in [0.3, 0.4) is 0 Å². The van der Waals surface area contributed by atoms with Crippen LogP contribution in [-0.2, 0) is 0 Å². The van der Waals surface area contributed by atoms with Crippen LogP contribution in [0.4, 0.5) is 0 Å². The number of hydrogen-bond donors (Lipinski definition) is 1. The Balaban J connectivity index is 2.04. The van der Waals surface area contributed by atoms with Gasteiger partial charge in [0.2, 0.25) is 0 Å². The summed E-state index contributed by atoms with van der Waals surface area (Å²) in [7, 11) is 0. The van der Waals surface area contributed by atoms with E-state index in [1.807, 2.05) is 13.0 Å². The molecule has 94 valence electrons. The van der Waals surface area contributed by atoms with Gasteiger partial charge < -0.3 is 9.84 Å². The average molecular weight is 234 g/mol. The molecule has 1 aromatic carbocycles. The summed E-state index contributed by atoms with van der Waals surface area (Å²) < 4.78 is 6.00. The Bertz CT molecular complexity index is 356. The van der Waals surface area contributed by atoms with Crippen molar-refractivity contribution < 1.29 is 9.84 Å². The number of rotatable bonds is 2. The molecule has 0 bridgehead atoms. The number of aryl methyl sites for hydroxylation is 1. The highest BCUT2D eigenvalue weighted by Gasteiger charge is 2.25. The molecule has 2 unspecified atom stereocenters. The van der Waals surface area contributed by atoms with Crippen molar-refractivity contribution in [3.8, 4) is 11.5 Å². The Kier molecular flexibility index (Phi) is 3.60. The third-order valence-electron chi connectivity index (χ3n) is 3.47. The normalized spacial score (nSPS) is 29.0. The summed E-state index contributed by atoms with van der Waals surface area (Å²) in [6, 6.07) is 5.44. The lowest BCUT2D eigenvalue weighted by Gasteiger charge is -2.31. The number of hydrogen-bond acceptors (Lipinski definition) is 2. The van der Waals surface area contributed by atoms with Crippen molar-refractivity contribution in [2.45, 2.75) is 46.1 Å². The monoisotopic (exact) mass is 234 g/mol. The third kappa shape index (κ3) is 3.39. The van der Waals surface area contributed by atoms with E-state index in [9.17, 15) is 5.11 Å². The second kappa shape index (κ2) is 4.99. The summed E-state index contributed by atoms with van der Waals surface area (Å²) in [5.74, 6) is 2.56. The van der Waals surface area contributed by atoms with Crippen LogP contribution >= 0.6 is 0 Å². The van der Waals surface area contributed by atoms with Crippen molar-refractivity contribution in [2.75, 3.05) is 0 Å². The van der Waals surface area contributed by atoms with E-state index in [0.717, 1.165) is 36.0 Å². The number of aromatic hydroxyl groups is 1. The fraction of sp³-hybridized carbons (Fsp3) is 0.600. The topological polar surface area (TPSA) is 29.5 Å². The Morgan fingerprint density at radius 2 is 1.71 bits per heavy atom. The molecule has 0 aromatic heterocycles. The Morgan fingerprint density at radius 1 is 1.06 bits per heavy atom. The van der Waals surface area contributed by atoms with Gasteiger partial charge in [0.1, 0.15) is 11.5 Å². The first-order valence-electron chi connectivity index (χ1n) is 6.50. The van der Waals surface area contributed by atoms with Gasteiger partial charge in [0.25, 0.3) is 0 Å². The molecule has 1 aliphatic carbocycles. The molecule has 2 atom stereocenters. The zero-order chi connectivity index (χ0) is 12.4. The summed E-state index contributed by atoms with van der Waals surface area (Å²) in [5.41, 5.74) is 1.04. The smallest absolute Gasteiger partial charge is 0.123 e. The quantitative estimate of drug-likeness (QED) is 0.840. The molecule has 0 heterocycles. The van der Waals surface area contributed by atoms with E-state index in [0.29, 0.717) is 6.10 Å². The Labute approximate surface area is 104 Å². The molecule has 2 nitrogen and oxygen atoms in total. The molecular weight excluding hydrogens is 212 g/mol. The second-order valence-corrected chi connectivity index (χ2v) is 5.66. The molecule has 0 aliphatic heterocycles. The van der Waals surface area contributed by atoms with Crippen LogP contribution in [0.15, 0.2) is 18.2 Å². The molecule has 17 heavy (non-hydrogen) atoms. The standard InChI is InChI=1S/C15H22O2/c1-10-4-11(2)7-14(6-10)17-15-8-12(3)5-13(16)9-15/h5,8-11,14,16H,4,6-7H2,1-3H3. The van der Waals surface area contributed by atoms with Gasteiger partial charge in [-0.15, -0.1) is 0 Å². The molecule has 2 heteroatoms. The minimum atomic E-state index is 0.289. The highest BCUT2D eigenvalue weighted by atomic mass is 16.5. The van der Waals surface area contributed by atoms with Crippen LogP contribution in [0, 0.1) is 18.8 Å². The van der Waals surface area contributed by atoms with Gasteiger partial charge >= 0.3 is 0 Å². The summed E-state index contributed by atoms with van der Waals surface area (Å²) in [6.07, 6.45) is 3.85. The van der Waals surface area contributed by atoms with Crippen molar-refractivity contribution in [2.24, 2.45) is 11.8 Å². The first-order valence-corrected chi connectivity index (χ1v) is 6.50. The summed E-state index contributed by atoms with van der Waals surface area (Å²) in [6.45, 7) is 6.55. The maximum absolute atomic E-state index is 9.55. The summed E-state index contributed by atoms with van der Waals surface area (Å²) in [4.78, 5) is 0. The highest BCUT2D eigenvalue weighted by molar-refractivity contribution is 5.36. The minimum absolute atomic E-state index is 0.289. The minimum Gasteiger partial charge on any atom is -0.508 e. The highest BCUT2D eigenvalue weighted by Crippen LogP contribution is 2.32. The fourth-order valence-corrected chi connectivity index (χ4v) is 2.96. The van der Waals surface area contributed by atoms with E-state index in [1.54, 1.807) is 12.1 Å². The summed E-state index contributed by atoms with van der Waals surface area (Å²) in [5, 5.41) is 9.55. The van der Waals surface area contributed by atoms with E-state index >= 15 is 0 Å². The van der Waals surface area contributed by atoms with Gasteiger partial charge in [0, 0.05) is 6.07 Å². The SMILES string of the molecule is Cc1cc(O)cc(OC2CC(C)CC(C)C2)c1. The molecule has 1 saturated carbocycles. The van der Waals surface area contributed by atoms with Crippen molar-refractivity contribution in [1.29, 1.82) is 0 Å². The van der Waals surface area contributed by atoms with Crippen molar-refractivity contribution in [3.63, 3.8) is 0 Å². The van der Waals surface area contributed by atoms with Crippen molar-refractivity contribution in [1.82, 2.24) is 0 Å². The van der Waals surface area contributed by atoms with Gasteiger partial charge in [0.05, 0.1) is 6.10 Å². The lowest BCUT2D eigenvalue weighted by Crippen LogP contribution is -2.28. The molecule has 1 N–H and O–H groups in total. The maximum Gasteiger partial charge on any atom is 0.123 e. The van der Waals surface area contributed by atoms with Crippen molar-refractivity contribution in [3.05, 3.63) is 23.8 Å². The molecular formula is C15H22O2. The number of ether oxygens (including phenoxy) is 1. The molecule has 0 saturated heterocycles. The lowest BCUT2D eigenvalue weighted by atomic mass is 9.82. The van der Waals surface area contributed by atoms with Gasteiger partial charge in [-0.3, -0.25) is 0 Å². The van der Waals surface area contributed by atoms with Crippen LogP contribution in [0.25, 0.3) is 0 Å². The molecule has 1 aromatic rings. The maximum atomic E-state index is 9.55. The first kappa shape index (κ1) is 12.3. The predicted molar refractivity (Wildman–Crippen MR) is 69.4 cm³/mol. The zero-order valence-corrected chi connectivity index (χ0v) is 10.9. The Morgan fingerprint density at radius 3 is 2.29 bits per heavy atom. The van der Waals surface area contributed by atoms with Crippen LogP contribution in [0.1, 0.15) is 38.7 Å². The van der Waals surface area contributed by atoms with Crippen LogP contribution in [0.2, 0.25) is 0 Å². The predicted octanol–water partition coefficient (Wildman–Crippen LogP) is 3.90. The molecule has 1 fully saturated rings. The summed E-state index contributed by atoms with van der Waals surface area (Å²) >= 11 is 0. The second-order valence-electron chi connectivity index (χ2n) is 5.66. The molecule has 1 aliphatic rings. The molecule has 0 radical (unpaired) electrons. The van der Waals surface area contributed by atoms with Crippen LogP contribution in [0.5, 0.6) is 11.5 Å². The lowest BCUT2D eigenvalue weighted by molar-refractivity contribution is 0.101. The van der Waals surface area contributed by atoms with Crippen LogP contribution in [-0.4, -0.2) is 11.2 Å². The van der Waals surface area contributed by atoms with E-state index in [1.165, 1.54) is 6.42 Å². The third-order valence-corrected chi connectivity index (χ3v) is 3.47. The van der Waals surface area contributed by atoms with Gasteiger partial charge in [-0.1, -0.05) is 13.8 Å². The number of benzene rings is 1. The van der Waals surface area contributed by atoms with Crippen molar-refractivity contribution >= 4 is 0 Å². The first-order chi connectivity index (χ1) is 8.02. The van der Waals surface area contributed by atoms with Gasteiger partial charge in [-0.05, 0) is 55.7 Å². The number of phenols is 1.